The summed E-state index contributed by atoms with van der Waals surface area (Å²) in [7, 11) is 0. The Morgan fingerprint density at radius 2 is 1.89 bits per heavy atom. The van der Waals surface area contributed by atoms with Gasteiger partial charge < -0.3 is 10.6 Å². The van der Waals surface area contributed by atoms with E-state index in [1.54, 1.807) is 18.2 Å². The van der Waals surface area contributed by atoms with Crippen molar-refractivity contribution in [3.63, 3.8) is 0 Å². The molecule has 0 fully saturated rings. The molecule has 0 saturated carbocycles. The van der Waals surface area contributed by atoms with E-state index in [-0.39, 0.29) is 18.0 Å². The summed E-state index contributed by atoms with van der Waals surface area (Å²) in [6, 6.07) is 8.17. The second-order valence-corrected chi connectivity index (χ2v) is 7.00. The van der Waals surface area contributed by atoms with E-state index in [4.69, 9.17) is 0 Å². The highest BCUT2D eigenvalue weighted by molar-refractivity contribution is 7.22. The smallest absolute Gasteiger partial charge is 0.228 e. The van der Waals surface area contributed by atoms with E-state index in [9.17, 15) is 18.4 Å². The van der Waals surface area contributed by atoms with Crippen LogP contribution < -0.4 is 10.6 Å². The quantitative estimate of drug-likeness (QED) is 0.652. The summed E-state index contributed by atoms with van der Waals surface area (Å²) in [6.45, 7) is 1.92. The van der Waals surface area contributed by atoms with Crippen LogP contribution in [0.3, 0.4) is 0 Å². The van der Waals surface area contributed by atoms with Crippen molar-refractivity contribution in [2.45, 2.75) is 26.2 Å². The number of rotatable bonds is 6. The van der Waals surface area contributed by atoms with Crippen molar-refractivity contribution in [1.82, 2.24) is 4.98 Å². The number of carbonyl (C=O) groups excluding carboxylic acids is 2. The number of anilines is 2. The van der Waals surface area contributed by atoms with E-state index in [0.717, 1.165) is 29.3 Å². The zero-order chi connectivity index (χ0) is 19.4. The van der Waals surface area contributed by atoms with Crippen LogP contribution in [0.4, 0.5) is 19.6 Å². The molecule has 140 valence electrons. The summed E-state index contributed by atoms with van der Waals surface area (Å²) < 4.78 is 27.6. The molecule has 0 radical (unpaired) electrons. The molecule has 0 aliphatic heterocycles. The van der Waals surface area contributed by atoms with Crippen LogP contribution in [0, 0.1) is 11.6 Å². The standard InChI is InChI=1S/C19H17F2N3O2S/c1-2-3-17(25)24-19-23-14-7-4-11(8-16(14)27-19)9-18(26)22-15-10-12(20)5-6-13(15)21/h4-8,10H,2-3,9H2,1H3,(H,22,26)(H,23,24,25). The minimum Gasteiger partial charge on any atom is -0.323 e. The summed E-state index contributed by atoms with van der Waals surface area (Å²) >= 11 is 1.32. The Bertz CT molecular complexity index is 1000. The molecule has 0 spiro atoms. The number of nitrogens with one attached hydrogen (secondary N) is 2. The first-order chi connectivity index (χ1) is 12.9. The highest BCUT2D eigenvalue weighted by Gasteiger charge is 2.11. The van der Waals surface area contributed by atoms with Crippen molar-refractivity contribution in [2.24, 2.45) is 0 Å². The third kappa shape index (κ3) is 4.85. The van der Waals surface area contributed by atoms with Crippen LogP contribution in [-0.4, -0.2) is 16.8 Å². The van der Waals surface area contributed by atoms with Gasteiger partial charge in [-0.3, -0.25) is 9.59 Å². The van der Waals surface area contributed by atoms with E-state index in [2.05, 4.69) is 15.6 Å². The topological polar surface area (TPSA) is 71.1 Å². The first-order valence-corrected chi connectivity index (χ1v) is 9.20. The summed E-state index contributed by atoms with van der Waals surface area (Å²) in [6.07, 6.45) is 1.18. The van der Waals surface area contributed by atoms with Crippen LogP contribution in [0.2, 0.25) is 0 Å². The van der Waals surface area contributed by atoms with E-state index >= 15 is 0 Å². The van der Waals surface area contributed by atoms with Gasteiger partial charge in [0, 0.05) is 12.5 Å². The minimum absolute atomic E-state index is 0.00131. The molecule has 0 aliphatic rings. The Balaban J connectivity index is 1.70. The highest BCUT2D eigenvalue weighted by Crippen LogP contribution is 2.27. The molecule has 2 aromatic carbocycles. The molecule has 0 aliphatic carbocycles. The zero-order valence-electron chi connectivity index (χ0n) is 14.5. The molecular weight excluding hydrogens is 372 g/mol. The van der Waals surface area contributed by atoms with Crippen molar-refractivity contribution in [3.05, 3.63) is 53.6 Å². The van der Waals surface area contributed by atoms with Crippen molar-refractivity contribution >= 4 is 44.2 Å². The van der Waals surface area contributed by atoms with Gasteiger partial charge in [0.05, 0.1) is 22.3 Å². The lowest BCUT2D eigenvalue weighted by atomic mass is 10.1. The van der Waals surface area contributed by atoms with Gasteiger partial charge >= 0.3 is 0 Å². The Labute approximate surface area is 158 Å². The third-order valence-electron chi connectivity index (χ3n) is 3.74. The van der Waals surface area contributed by atoms with Gasteiger partial charge in [0.2, 0.25) is 11.8 Å². The maximum atomic E-state index is 13.6. The van der Waals surface area contributed by atoms with Gasteiger partial charge in [-0.15, -0.1) is 0 Å². The van der Waals surface area contributed by atoms with Crippen LogP contribution in [0.1, 0.15) is 25.3 Å². The molecule has 2 N–H and O–H groups in total. The molecule has 0 unspecified atom stereocenters. The van der Waals surface area contributed by atoms with Crippen LogP contribution in [0.5, 0.6) is 0 Å². The first-order valence-electron chi connectivity index (χ1n) is 8.39. The molecule has 8 heteroatoms. The second kappa shape index (κ2) is 8.22. The van der Waals surface area contributed by atoms with Gasteiger partial charge in [0.1, 0.15) is 11.6 Å². The van der Waals surface area contributed by atoms with Crippen LogP contribution in [0.25, 0.3) is 10.2 Å². The minimum atomic E-state index is -0.699. The number of benzene rings is 2. The molecule has 5 nitrogen and oxygen atoms in total. The number of hydrogen-bond donors (Lipinski definition) is 2. The molecule has 3 rings (SSSR count). The third-order valence-corrected chi connectivity index (χ3v) is 4.68. The number of nitrogens with zero attached hydrogens (tertiary/aromatic N) is 1. The fourth-order valence-electron chi connectivity index (χ4n) is 2.51. The average molecular weight is 389 g/mol. The maximum Gasteiger partial charge on any atom is 0.228 e. The van der Waals surface area contributed by atoms with E-state index in [1.807, 2.05) is 6.92 Å². The number of halogens is 2. The normalized spacial score (nSPS) is 10.8. The zero-order valence-corrected chi connectivity index (χ0v) is 15.3. The van der Waals surface area contributed by atoms with Gasteiger partial charge in [0.25, 0.3) is 0 Å². The lowest BCUT2D eigenvalue weighted by molar-refractivity contribution is -0.116. The number of hydrogen-bond acceptors (Lipinski definition) is 4. The van der Waals surface area contributed by atoms with Crippen molar-refractivity contribution in [3.8, 4) is 0 Å². The number of thiazole rings is 1. The Morgan fingerprint density at radius 1 is 1.07 bits per heavy atom. The Kier molecular flexibility index (Phi) is 5.75. The number of carbonyl (C=O) groups is 2. The Hall–Kier alpha value is -2.87. The van der Waals surface area contributed by atoms with Gasteiger partial charge in [0.15, 0.2) is 5.13 Å². The summed E-state index contributed by atoms with van der Waals surface area (Å²) in [4.78, 5) is 28.1. The lowest BCUT2D eigenvalue weighted by Gasteiger charge is -2.06. The number of amides is 2. The molecule has 0 atom stereocenters. The van der Waals surface area contributed by atoms with Crippen LogP contribution in [-0.2, 0) is 16.0 Å². The largest absolute Gasteiger partial charge is 0.323 e. The summed E-state index contributed by atoms with van der Waals surface area (Å²) in [5.74, 6) is -1.88. The molecule has 1 aromatic heterocycles. The SMILES string of the molecule is CCCC(=O)Nc1nc2ccc(CC(=O)Nc3cc(F)ccc3F)cc2s1. The van der Waals surface area contributed by atoms with E-state index in [0.29, 0.717) is 22.6 Å². The van der Waals surface area contributed by atoms with Gasteiger partial charge in [-0.05, 0) is 36.2 Å². The van der Waals surface area contributed by atoms with Crippen LogP contribution >= 0.6 is 11.3 Å². The molecule has 1 heterocycles. The lowest BCUT2D eigenvalue weighted by Crippen LogP contribution is -2.15. The molecule has 2 amide bonds. The highest BCUT2D eigenvalue weighted by atomic mass is 32.1. The summed E-state index contributed by atoms with van der Waals surface area (Å²) in [5.41, 5.74) is 1.22. The van der Waals surface area contributed by atoms with E-state index in [1.165, 1.54) is 11.3 Å². The molecule has 0 bridgehead atoms. The molecule has 3 aromatic rings. The van der Waals surface area contributed by atoms with Gasteiger partial charge in [-0.25, -0.2) is 13.8 Å². The van der Waals surface area contributed by atoms with E-state index < -0.39 is 17.5 Å². The summed E-state index contributed by atoms with van der Waals surface area (Å²) in [5, 5.41) is 5.62. The second-order valence-electron chi connectivity index (χ2n) is 5.97. The molecule has 0 saturated heterocycles. The average Bonchev–Trinajstić information content (AvgIpc) is 2.99. The van der Waals surface area contributed by atoms with Crippen molar-refractivity contribution in [2.75, 3.05) is 10.6 Å². The monoisotopic (exact) mass is 389 g/mol. The fraction of sp³-hybridized carbons (Fsp3) is 0.211. The van der Waals surface area contributed by atoms with Crippen molar-refractivity contribution in [1.29, 1.82) is 0 Å². The predicted molar refractivity (Wildman–Crippen MR) is 102 cm³/mol. The predicted octanol–water partition coefficient (Wildman–Crippen LogP) is 4.49. The molecule has 27 heavy (non-hydrogen) atoms. The first kappa shape index (κ1) is 18.9. The van der Waals surface area contributed by atoms with Gasteiger partial charge in [-0.2, -0.15) is 0 Å². The van der Waals surface area contributed by atoms with Crippen LogP contribution in [0.15, 0.2) is 36.4 Å². The maximum absolute atomic E-state index is 13.6. The van der Waals surface area contributed by atoms with Crippen molar-refractivity contribution < 1.29 is 18.4 Å². The number of aromatic nitrogens is 1. The fourth-order valence-corrected chi connectivity index (χ4v) is 3.46. The molecular formula is C19H17F2N3O2S. The van der Waals surface area contributed by atoms with Gasteiger partial charge in [-0.1, -0.05) is 24.3 Å². The number of fused-ring (bicyclic) bond motifs is 1. The Morgan fingerprint density at radius 3 is 2.67 bits per heavy atom.